The van der Waals surface area contributed by atoms with E-state index in [9.17, 15) is 18.8 Å². The van der Waals surface area contributed by atoms with Crippen LogP contribution in [0.1, 0.15) is 29.7 Å². The second-order valence-corrected chi connectivity index (χ2v) is 7.88. The minimum Gasteiger partial charge on any atom is -0.466 e. The minimum atomic E-state index is -1.33. The fraction of sp³-hybridized carbons (Fsp3) is 0.273. The highest BCUT2D eigenvalue weighted by Gasteiger charge is 2.51. The highest BCUT2D eigenvalue weighted by atomic mass is 19.1. The summed E-state index contributed by atoms with van der Waals surface area (Å²) in [6.07, 6.45) is 0. The van der Waals surface area contributed by atoms with Crippen molar-refractivity contribution in [2.75, 3.05) is 11.9 Å². The molecule has 32 heavy (non-hydrogen) atoms. The van der Waals surface area contributed by atoms with Gasteiger partial charge in [-0.1, -0.05) is 0 Å². The number of imide groups is 1. The van der Waals surface area contributed by atoms with Gasteiger partial charge >= 0.3 is 6.03 Å². The van der Waals surface area contributed by atoms with Gasteiger partial charge in [0.15, 0.2) is 0 Å². The number of urea groups is 1. The number of aromatic nitrogens is 2. The first-order valence-corrected chi connectivity index (χ1v) is 9.92. The first-order valence-electron chi connectivity index (χ1n) is 9.92. The average molecular weight is 439 g/mol. The Hall–Kier alpha value is -3.95. The van der Waals surface area contributed by atoms with E-state index in [4.69, 9.17) is 4.42 Å². The first-order chi connectivity index (χ1) is 15.1. The molecule has 1 unspecified atom stereocenters. The number of carbonyl (C=O) groups excluding carboxylic acids is 3. The van der Waals surface area contributed by atoms with Gasteiger partial charge in [-0.05, 0) is 58.0 Å². The Balaban J connectivity index is 1.53. The smallest absolute Gasteiger partial charge is 0.325 e. The van der Waals surface area contributed by atoms with Crippen molar-refractivity contribution in [3.63, 3.8) is 0 Å². The summed E-state index contributed by atoms with van der Waals surface area (Å²) < 4.78 is 20.2. The third kappa shape index (κ3) is 3.64. The molecule has 3 aromatic rings. The van der Waals surface area contributed by atoms with Gasteiger partial charge < -0.3 is 15.1 Å². The number of nitrogens with one attached hydrogen (secondary N) is 2. The molecule has 4 amide bonds. The second-order valence-electron chi connectivity index (χ2n) is 7.88. The van der Waals surface area contributed by atoms with Crippen LogP contribution in [0.25, 0.3) is 5.69 Å². The summed E-state index contributed by atoms with van der Waals surface area (Å²) in [5.74, 6) is -0.0704. The van der Waals surface area contributed by atoms with Crippen molar-refractivity contribution in [2.45, 2.75) is 33.2 Å². The molecule has 9 nitrogen and oxygen atoms in total. The molecule has 0 bridgehead atoms. The molecule has 3 heterocycles. The summed E-state index contributed by atoms with van der Waals surface area (Å²) >= 11 is 0. The maximum absolute atomic E-state index is 13.2. The molecule has 1 atom stereocenters. The standard InChI is InChI=1S/C22H22FN5O4/c1-12-9-18(28(26-12)16-7-5-15(23)6-8-16)24-19(29)11-27-20(30)22(4,25-21(27)31)17-10-13(2)32-14(17)3/h5-10H,11H2,1-4H3,(H,24,29)(H,25,31). The fourth-order valence-electron chi connectivity index (χ4n) is 3.84. The fourth-order valence-corrected chi connectivity index (χ4v) is 3.84. The Kier molecular flexibility index (Phi) is 5.08. The normalized spacial score (nSPS) is 18.2. The quantitative estimate of drug-likeness (QED) is 0.594. The number of halogens is 1. The number of hydrogen-bond donors (Lipinski definition) is 2. The van der Waals surface area contributed by atoms with Crippen LogP contribution in [0.2, 0.25) is 0 Å². The molecular weight excluding hydrogens is 417 g/mol. The lowest BCUT2D eigenvalue weighted by Gasteiger charge is -2.21. The number of rotatable bonds is 5. The third-order valence-corrected chi connectivity index (χ3v) is 5.33. The van der Waals surface area contributed by atoms with Crippen molar-refractivity contribution in [3.05, 3.63) is 65.0 Å². The van der Waals surface area contributed by atoms with Crippen molar-refractivity contribution in [1.82, 2.24) is 20.0 Å². The number of benzene rings is 1. The SMILES string of the molecule is Cc1cc(NC(=O)CN2C(=O)NC(C)(c3cc(C)oc3C)C2=O)n(-c2ccc(F)cc2)n1. The molecule has 1 aliphatic rings. The molecule has 166 valence electrons. The summed E-state index contributed by atoms with van der Waals surface area (Å²) in [7, 11) is 0. The van der Waals surface area contributed by atoms with E-state index in [1.165, 1.54) is 28.9 Å². The lowest BCUT2D eigenvalue weighted by atomic mass is 9.92. The molecule has 1 aliphatic heterocycles. The van der Waals surface area contributed by atoms with Crippen molar-refractivity contribution < 1.29 is 23.2 Å². The van der Waals surface area contributed by atoms with E-state index in [2.05, 4.69) is 15.7 Å². The number of nitrogens with zero attached hydrogens (tertiary/aromatic N) is 3. The van der Waals surface area contributed by atoms with Crippen LogP contribution in [0.4, 0.5) is 15.0 Å². The monoisotopic (exact) mass is 439 g/mol. The van der Waals surface area contributed by atoms with Crippen molar-refractivity contribution in [1.29, 1.82) is 0 Å². The molecule has 10 heteroatoms. The summed E-state index contributed by atoms with van der Waals surface area (Å²) in [6.45, 7) is 6.30. The predicted molar refractivity (Wildman–Crippen MR) is 113 cm³/mol. The number of furan rings is 1. The first kappa shape index (κ1) is 21.3. The van der Waals surface area contributed by atoms with Crippen molar-refractivity contribution in [3.8, 4) is 5.69 Å². The Bertz CT molecular complexity index is 1230. The third-order valence-electron chi connectivity index (χ3n) is 5.33. The molecule has 1 aromatic carbocycles. The van der Waals surface area contributed by atoms with Gasteiger partial charge in [-0.15, -0.1) is 0 Å². The Morgan fingerprint density at radius 3 is 2.50 bits per heavy atom. The van der Waals surface area contributed by atoms with Crippen LogP contribution in [0.5, 0.6) is 0 Å². The van der Waals surface area contributed by atoms with Gasteiger partial charge in [-0.25, -0.2) is 13.9 Å². The van der Waals surface area contributed by atoms with Crippen LogP contribution in [-0.2, 0) is 15.1 Å². The van der Waals surface area contributed by atoms with Crippen LogP contribution in [0.3, 0.4) is 0 Å². The molecule has 2 aromatic heterocycles. The minimum absolute atomic E-state index is 0.329. The molecular formula is C22H22FN5O4. The van der Waals surface area contributed by atoms with Gasteiger partial charge in [-0.3, -0.25) is 14.5 Å². The Morgan fingerprint density at radius 1 is 1.19 bits per heavy atom. The van der Waals surface area contributed by atoms with Crippen LogP contribution < -0.4 is 10.6 Å². The van der Waals surface area contributed by atoms with Gasteiger partial charge in [-0.2, -0.15) is 5.10 Å². The van der Waals surface area contributed by atoms with Gasteiger partial charge in [0.05, 0.1) is 11.4 Å². The molecule has 0 radical (unpaired) electrons. The van der Waals surface area contributed by atoms with Crippen LogP contribution in [-0.4, -0.2) is 39.1 Å². The zero-order valence-corrected chi connectivity index (χ0v) is 18.0. The van der Waals surface area contributed by atoms with Crippen molar-refractivity contribution >= 4 is 23.7 Å². The topological polar surface area (TPSA) is 109 Å². The van der Waals surface area contributed by atoms with E-state index in [1.54, 1.807) is 39.8 Å². The van der Waals surface area contributed by atoms with Crippen molar-refractivity contribution in [2.24, 2.45) is 0 Å². The van der Waals surface area contributed by atoms with Gasteiger partial charge in [0.2, 0.25) is 5.91 Å². The molecule has 0 aliphatic carbocycles. The molecule has 1 fully saturated rings. The largest absolute Gasteiger partial charge is 0.466 e. The molecule has 0 saturated carbocycles. The van der Waals surface area contributed by atoms with E-state index < -0.39 is 35.7 Å². The van der Waals surface area contributed by atoms with E-state index in [-0.39, 0.29) is 0 Å². The molecule has 1 saturated heterocycles. The Labute approximate surface area is 183 Å². The lowest BCUT2D eigenvalue weighted by molar-refractivity contribution is -0.133. The number of aryl methyl sites for hydroxylation is 3. The van der Waals surface area contributed by atoms with Crippen LogP contribution >= 0.6 is 0 Å². The lowest BCUT2D eigenvalue weighted by Crippen LogP contribution is -2.42. The molecule has 2 N–H and O–H groups in total. The maximum Gasteiger partial charge on any atom is 0.325 e. The highest BCUT2D eigenvalue weighted by molar-refractivity contribution is 6.10. The number of carbonyl (C=O) groups is 3. The van der Waals surface area contributed by atoms with E-state index in [1.807, 2.05) is 0 Å². The maximum atomic E-state index is 13.2. The van der Waals surface area contributed by atoms with E-state index in [0.29, 0.717) is 34.3 Å². The zero-order valence-electron chi connectivity index (χ0n) is 18.0. The summed E-state index contributed by atoms with van der Waals surface area (Å²) in [5.41, 5.74) is 0.383. The zero-order chi connectivity index (χ0) is 23.2. The highest BCUT2D eigenvalue weighted by Crippen LogP contribution is 2.32. The van der Waals surface area contributed by atoms with Crippen LogP contribution in [0, 0.1) is 26.6 Å². The van der Waals surface area contributed by atoms with Gasteiger partial charge in [0.25, 0.3) is 5.91 Å². The molecule has 4 rings (SSSR count). The predicted octanol–water partition coefficient (Wildman–Crippen LogP) is 2.94. The summed E-state index contributed by atoms with van der Waals surface area (Å²) in [4.78, 5) is 39.2. The van der Waals surface area contributed by atoms with Crippen LogP contribution in [0.15, 0.2) is 40.8 Å². The van der Waals surface area contributed by atoms with E-state index >= 15 is 0 Å². The number of anilines is 1. The van der Waals surface area contributed by atoms with Gasteiger partial charge in [0.1, 0.15) is 35.2 Å². The Morgan fingerprint density at radius 2 is 1.88 bits per heavy atom. The average Bonchev–Trinajstić information content (AvgIpc) is 3.32. The molecule has 0 spiro atoms. The van der Waals surface area contributed by atoms with Gasteiger partial charge in [0, 0.05) is 11.6 Å². The summed E-state index contributed by atoms with van der Waals surface area (Å²) in [6, 6.07) is 8.27. The summed E-state index contributed by atoms with van der Waals surface area (Å²) in [5, 5.41) is 9.64. The number of amides is 4. The second kappa shape index (κ2) is 7.63. The number of hydrogen-bond acceptors (Lipinski definition) is 5. The van der Waals surface area contributed by atoms with E-state index in [0.717, 1.165) is 4.90 Å².